The second kappa shape index (κ2) is 8.70. The Morgan fingerprint density at radius 1 is 0.900 bits per heavy atom. The lowest BCUT2D eigenvalue weighted by Crippen LogP contribution is -2.56. The predicted molar refractivity (Wildman–Crippen MR) is 127 cm³/mol. The molecule has 1 N–H and O–H groups in total. The van der Waals surface area contributed by atoms with Gasteiger partial charge in [0, 0.05) is 31.4 Å². The van der Waals surface area contributed by atoms with Crippen LogP contribution < -0.4 is 10.2 Å². The zero-order valence-electron chi connectivity index (χ0n) is 17.5. The fourth-order valence-corrected chi connectivity index (χ4v) is 6.33. The van der Waals surface area contributed by atoms with E-state index in [2.05, 4.69) is 51.5 Å². The van der Waals surface area contributed by atoms with E-state index in [0.717, 1.165) is 13.2 Å². The minimum absolute atomic E-state index is 0.185. The van der Waals surface area contributed by atoms with E-state index < -0.39 is 0 Å². The zero-order valence-corrected chi connectivity index (χ0v) is 19.0. The van der Waals surface area contributed by atoms with Crippen LogP contribution in [0, 0.1) is 0 Å². The van der Waals surface area contributed by atoms with Crippen LogP contribution in [-0.2, 0) is 0 Å². The van der Waals surface area contributed by atoms with Gasteiger partial charge in [-0.3, -0.25) is 10.2 Å². The van der Waals surface area contributed by atoms with Crippen LogP contribution in [-0.4, -0.2) is 42.8 Å². The highest BCUT2D eigenvalue weighted by Gasteiger charge is 2.45. The molecule has 1 saturated carbocycles. The minimum Gasteiger partial charge on any atom is -0.352 e. The third-order valence-electron chi connectivity index (χ3n) is 7.67. The van der Waals surface area contributed by atoms with Gasteiger partial charge in [-0.15, -0.1) is 0 Å². The normalized spacial score (nSPS) is 26.9. The number of nitrogens with zero attached hydrogens (tertiary/aromatic N) is 2. The van der Waals surface area contributed by atoms with E-state index in [1.165, 1.54) is 62.9 Å². The Morgan fingerprint density at radius 3 is 2.43 bits per heavy atom. The number of rotatable bonds is 3. The molecule has 2 saturated heterocycles. The SMILES string of the molecule is Clc1ccc(N2CNCC23CCN([C@@H]2CCCC[C@@H]2c2ccccc2)CC3)cc1Cl. The summed E-state index contributed by atoms with van der Waals surface area (Å²) < 4.78 is 0. The van der Waals surface area contributed by atoms with Crippen molar-refractivity contribution >= 4 is 28.9 Å². The van der Waals surface area contributed by atoms with Crippen LogP contribution in [0.5, 0.6) is 0 Å². The molecule has 3 fully saturated rings. The molecule has 0 radical (unpaired) electrons. The van der Waals surface area contributed by atoms with Crippen LogP contribution in [0.15, 0.2) is 48.5 Å². The Kier molecular flexibility index (Phi) is 5.99. The van der Waals surface area contributed by atoms with Gasteiger partial charge in [0.25, 0.3) is 0 Å². The maximum atomic E-state index is 6.33. The first-order valence-electron chi connectivity index (χ1n) is 11.4. The molecule has 2 aromatic carbocycles. The molecule has 0 bridgehead atoms. The number of nitrogens with one attached hydrogen (secondary N) is 1. The number of halogens is 2. The molecule has 2 heterocycles. The van der Waals surface area contributed by atoms with Gasteiger partial charge in [0.15, 0.2) is 0 Å². The van der Waals surface area contributed by atoms with Crippen molar-refractivity contribution in [3.05, 3.63) is 64.1 Å². The fraction of sp³-hybridized carbons (Fsp3) is 0.520. The summed E-state index contributed by atoms with van der Waals surface area (Å²) in [5.74, 6) is 0.682. The summed E-state index contributed by atoms with van der Waals surface area (Å²) in [5, 5.41) is 4.89. The Labute approximate surface area is 190 Å². The monoisotopic (exact) mass is 443 g/mol. The molecule has 2 aromatic rings. The average Bonchev–Trinajstić information content (AvgIpc) is 3.20. The standard InChI is InChI=1S/C25H31Cl2N3/c26-22-11-10-20(16-23(22)27)30-18-28-17-25(30)12-14-29(15-13-25)24-9-5-4-8-21(24)19-6-2-1-3-7-19/h1-3,6-7,10-11,16,21,24,28H,4-5,8-9,12-15,17-18H2/t21-,24-/m1/s1. The number of anilines is 1. The maximum Gasteiger partial charge on any atom is 0.0689 e. The van der Waals surface area contributed by atoms with E-state index in [1.807, 2.05) is 12.1 Å². The second-order valence-electron chi connectivity index (χ2n) is 9.24. The lowest BCUT2D eigenvalue weighted by atomic mass is 9.77. The van der Waals surface area contributed by atoms with Crippen molar-refractivity contribution in [2.24, 2.45) is 0 Å². The topological polar surface area (TPSA) is 18.5 Å². The molecular weight excluding hydrogens is 413 g/mol. The van der Waals surface area contributed by atoms with Crippen LogP contribution in [0.1, 0.15) is 50.0 Å². The first-order chi connectivity index (χ1) is 14.7. The van der Waals surface area contributed by atoms with Crippen LogP contribution in [0.25, 0.3) is 0 Å². The maximum absolute atomic E-state index is 6.33. The molecule has 3 aliphatic rings. The van der Waals surface area contributed by atoms with Crippen LogP contribution >= 0.6 is 23.2 Å². The molecule has 5 heteroatoms. The molecule has 5 rings (SSSR count). The molecule has 0 aromatic heterocycles. The van der Waals surface area contributed by atoms with Gasteiger partial charge in [-0.2, -0.15) is 0 Å². The van der Waals surface area contributed by atoms with Crippen LogP contribution in [0.3, 0.4) is 0 Å². The minimum atomic E-state index is 0.185. The van der Waals surface area contributed by atoms with Gasteiger partial charge < -0.3 is 4.90 Å². The number of hydrogen-bond donors (Lipinski definition) is 1. The zero-order chi connectivity index (χ0) is 20.6. The molecule has 3 nitrogen and oxygen atoms in total. The van der Waals surface area contributed by atoms with Crippen molar-refractivity contribution in [1.29, 1.82) is 0 Å². The summed E-state index contributed by atoms with van der Waals surface area (Å²) in [7, 11) is 0. The van der Waals surface area contributed by atoms with E-state index in [-0.39, 0.29) is 5.54 Å². The third kappa shape index (κ3) is 3.86. The molecule has 2 aliphatic heterocycles. The van der Waals surface area contributed by atoms with E-state index in [9.17, 15) is 0 Å². The Hall–Kier alpha value is -1.26. The van der Waals surface area contributed by atoms with Gasteiger partial charge in [-0.05, 0) is 55.4 Å². The number of piperidine rings is 1. The molecule has 0 unspecified atom stereocenters. The third-order valence-corrected chi connectivity index (χ3v) is 8.41. The summed E-state index contributed by atoms with van der Waals surface area (Å²) in [5.41, 5.74) is 2.90. The molecular formula is C25H31Cl2N3. The Balaban J connectivity index is 1.32. The summed E-state index contributed by atoms with van der Waals surface area (Å²) in [6.07, 6.45) is 7.78. The molecule has 2 atom stereocenters. The van der Waals surface area contributed by atoms with Crippen LogP contribution in [0.4, 0.5) is 5.69 Å². The predicted octanol–water partition coefficient (Wildman–Crippen LogP) is 5.92. The largest absolute Gasteiger partial charge is 0.352 e. The Morgan fingerprint density at radius 2 is 1.67 bits per heavy atom. The molecule has 160 valence electrons. The summed E-state index contributed by atoms with van der Waals surface area (Å²) in [6.45, 7) is 4.28. The molecule has 1 spiro atoms. The summed E-state index contributed by atoms with van der Waals surface area (Å²) >= 11 is 12.5. The smallest absolute Gasteiger partial charge is 0.0689 e. The van der Waals surface area contributed by atoms with Crippen molar-refractivity contribution in [2.75, 3.05) is 31.2 Å². The first kappa shape index (κ1) is 20.6. The molecule has 1 aliphatic carbocycles. The quantitative estimate of drug-likeness (QED) is 0.634. The van der Waals surface area contributed by atoms with Gasteiger partial charge in [-0.25, -0.2) is 0 Å². The first-order valence-corrected chi connectivity index (χ1v) is 12.1. The van der Waals surface area contributed by atoms with Crippen molar-refractivity contribution in [2.45, 2.75) is 56.0 Å². The summed E-state index contributed by atoms with van der Waals surface area (Å²) in [4.78, 5) is 5.33. The highest BCUT2D eigenvalue weighted by atomic mass is 35.5. The number of likely N-dealkylation sites (tertiary alicyclic amines) is 1. The molecule has 0 amide bonds. The van der Waals surface area contributed by atoms with Gasteiger partial charge in [0.1, 0.15) is 0 Å². The highest BCUT2D eigenvalue weighted by molar-refractivity contribution is 6.42. The van der Waals surface area contributed by atoms with Gasteiger partial charge in [-0.1, -0.05) is 66.4 Å². The van der Waals surface area contributed by atoms with Gasteiger partial charge in [0.05, 0.1) is 22.3 Å². The van der Waals surface area contributed by atoms with E-state index in [1.54, 1.807) is 0 Å². The Bertz CT molecular complexity index is 864. The van der Waals surface area contributed by atoms with E-state index >= 15 is 0 Å². The van der Waals surface area contributed by atoms with E-state index in [4.69, 9.17) is 23.2 Å². The van der Waals surface area contributed by atoms with Crippen molar-refractivity contribution < 1.29 is 0 Å². The van der Waals surface area contributed by atoms with Gasteiger partial charge in [0.2, 0.25) is 0 Å². The molecule has 30 heavy (non-hydrogen) atoms. The average molecular weight is 444 g/mol. The fourth-order valence-electron chi connectivity index (χ4n) is 6.04. The van der Waals surface area contributed by atoms with E-state index in [0.29, 0.717) is 22.0 Å². The van der Waals surface area contributed by atoms with Crippen molar-refractivity contribution in [3.63, 3.8) is 0 Å². The van der Waals surface area contributed by atoms with Crippen molar-refractivity contribution in [1.82, 2.24) is 10.2 Å². The van der Waals surface area contributed by atoms with Crippen molar-refractivity contribution in [3.8, 4) is 0 Å². The number of hydrogen-bond acceptors (Lipinski definition) is 3. The van der Waals surface area contributed by atoms with Crippen LogP contribution in [0.2, 0.25) is 10.0 Å². The lowest BCUT2D eigenvalue weighted by Gasteiger charge is -2.49. The lowest BCUT2D eigenvalue weighted by molar-refractivity contribution is 0.0858. The number of benzene rings is 2. The highest BCUT2D eigenvalue weighted by Crippen LogP contribution is 2.41. The second-order valence-corrected chi connectivity index (χ2v) is 10.1. The summed E-state index contributed by atoms with van der Waals surface area (Å²) in [6, 6.07) is 18.0. The van der Waals surface area contributed by atoms with Gasteiger partial charge >= 0.3 is 0 Å².